The summed E-state index contributed by atoms with van der Waals surface area (Å²) in [6.45, 7) is 4.14. The molecule has 0 aliphatic carbocycles. The maximum absolute atomic E-state index is 12.8. The monoisotopic (exact) mass is 1160 g/mol. The van der Waals surface area contributed by atoms with Crippen molar-refractivity contribution in [1.29, 1.82) is 0 Å². The Morgan fingerprint density at radius 3 is 1.04 bits per heavy atom. The summed E-state index contributed by atoms with van der Waals surface area (Å²) in [5, 5.41) is 0. The first-order valence-electron chi connectivity index (χ1n) is 33.6. The summed E-state index contributed by atoms with van der Waals surface area (Å²) >= 11 is 0. The van der Waals surface area contributed by atoms with E-state index in [-0.39, 0.29) is 32.0 Å². The minimum absolute atomic E-state index is 0.0351. The normalized spacial score (nSPS) is 13.9. The Morgan fingerprint density at radius 2 is 0.695 bits per heavy atom. The lowest BCUT2D eigenvalue weighted by Crippen LogP contribution is -2.37. The molecule has 0 fully saturated rings. The second-order valence-electron chi connectivity index (χ2n) is 23.5. The molecule has 0 aliphatic heterocycles. The molecule has 0 rings (SSSR count). The summed E-state index contributed by atoms with van der Waals surface area (Å²) in [6.07, 6.45) is 87.2. The number of rotatable bonds is 61. The number of carbonyl (C=O) groups is 2. The first kappa shape index (κ1) is 78.7. The van der Waals surface area contributed by atoms with Gasteiger partial charge in [0.25, 0.3) is 7.82 Å². The van der Waals surface area contributed by atoms with Crippen molar-refractivity contribution in [3.63, 3.8) is 0 Å². The van der Waals surface area contributed by atoms with Crippen LogP contribution in [0.1, 0.15) is 284 Å². The molecular formula is C72H126NO8P. The zero-order valence-corrected chi connectivity index (χ0v) is 54.6. The van der Waals surface area contributed by atoms with E-state index in [1.165, 1.54) is 148 Å². The van der Waals surface area contributed by atoms with Crippen LogP contribution in [-0.4, -0.2) is 70.0 Å². The van der Waals surface area contributed by atoms with Crippen molar-refractivity contribution >= 4 is 19.8 Å². The second-order valence-corrected chi connectivity index (χ2v) is 24.9. The molecule has 0 aromatic carbocycles. The van der Waals surface area contributed by atoms with Gasteiger partial charge in [0, 0.05) is 12.8 Å². The van der Waals surface area contributed by atoms with E-state index in [1.54, 1.807) is 0 Å². The molecule has 0 saturated heterocycles. The molecular weight excluding hydrogens is 1040 g/mol. The molecule has 2 atom stereocenters. The van der Waals surface area contributed by atoms with E-state index in [2.05, 4.69) is 123 Å². The number of carbonyl (C=O) groups excluding carboxylic acids is 2. The van der Waals surface area contributed by atoms with Gasteiger partial charge in [-0.3, -0.25) is 14.2 Å². The topological polar surface area (TPSA) is 111 Å². The number of likely N-dealkylation sites (N-methyl/N-ethyl adjacent to an activating group) is 1. The van der Waals surface area contributed by atoms with Crippen LogP contribution < -0.4 is 4.89 Å². The summed E-state index contributed by atoms with van der Waals surface area (Å²) in [4.78, 5) is 38.0. The standard InChI is InChI=1S/C72H126NO8P/c1-6-8-10-12-14-16-18-20-22-24-26-28-29-30-31-32-33-34-35-36-37-38-39-40-41-42-43-45-47-49-51-53-55-57-59-61-63-65-72(75)81-70(69-80-82(76,77)79-67-66-73(3,4)5)68-78-71(74)64-62-60-58-56-54-52-50-48-46-44-27-25-23-21-19-17-15-13-11-9-7-2/h8,10,14,16,20,22,26,28,30-31,33-34,36-37,39-40,42-43,70H,6-7,9,11-13,15,17-19,21,23-25,27,29,32,35,38,41,44-69H2,1-5H3/b10-8-,16-14-,22-20-,28-26-,31-30-,34-33-,37-36-,40-39-,43-42-. The summed E-state index contributed by atoms with van der Waals surface area (Å²) in [5.41, 5.74) is 0. The Labute approximate surface area is 506 Å². The fourth-order valence-corrected chi connectivity index (χ4v) is 9.91. The average molecular weight is 1160 g/mol. The van der Waals surface area contributed by atoms with Gasteiger partial charge in [0.15, 0.2) is 6.10 Å². The molecule has 0 aromatic rings. The van der Waals surface area contributed by atoms with Crippen LogP contribution in [0, 0.1) is 0 Å². The lowest BCUT2D eigenvalue weighted by molar-refractivity contribution is -0.870. The highest BCUT2D eigenvalue weighted by atomic mass is 31.2. The average Bonchev–Trinajstić information content (AvgIpc) is 3.46. The fourth-order valence-electron chi connectivity index (χ4n) is 9.18. The summed E-state index contributed by atoms with van der Waals surface area (Å²) in [6, 6.07) is 0. The first-order valence-corrected chi connectivity index (χ1v) is 35.1. The summed E-state index contributed by atoms with van der Waals surface area (Å²) in [5.74, 6) is -0.835. The number of hydrogen-bond donors (Lipinski definition) is 0. The third kappa shape index (κ3) is 65.8. The Bertz CT molecular complexity index is 1750. The minimum atomic E-state index is -4.65. The van der Waals surface area contributed by atoms with Crippen molar-refractivity contribution in [2.75, 3.05) is 47.5 Å². The van der Waals surface area contributed by atoms with Crippen LogP contribution >= 0.6 is 7.82 Å². The molecule has 0 spiro atoms. The Balaban J connectivity index is 4.11. The first-order chi connectivity index (χ1) is 40.0. The molecule has 0 aromatic heterocycles. The van der Waals surface area contributed by atoms with Crippen LogP contribution in [0.3, 0.4) is 0 Å². The van der Waals surface area contributed by atoms with E-state index >= 15 is 0 Å². The molecule has 472 valence electrons. The zero-order valence-electron chi connectivity index (χ0n) is 53.7. The van der Waals surface area contributed by atoms with Crippen LogP contribution in [0.4, 0.5) is 0 Å². The van der Waals surface area contributed by atoms with E-state index in [9.17, 15) is 19.0 Å². The highest BCUT2D eigenvalue weighted by Crippen LogP contribution is 2.38. The number of phosphoric ester groups is 1. The smallest absolute Gasteiger partial charge is 0.306 e. The van der Waals surface area contributed by atoms with Crippen molar-refractivity contribution in [2.45, 2.75) is 290 Å². The van der Waals surface area contributed by atoms with Crippen LogP contribution in [0.2, 0.25) is 0 Å². The number of ether oxygens (including phenoxy) is 2. The van der Waals surface area contributed by atoms with Crippen LogP contribution in [0.25, 0.3) is 0 Å². The van der Waals surface area contributed by atoms with E-state index in [1.807, 2.05) is 21.1 Å². The van der Waals surface area contributed by atoms with Gasteiger partial charge in [-0.15, -0.1) is 0 Å². The molecule has 9 nitrogen and oxygen atoms in total. The molecule has 0 amide bonds. The van der Waals surface area contributed by atoms with Gasteiger partial charge < -0.3 is 27.9 Å². The number of nitrogens with zero attached hydrogens (tertiary/aromatic N) is 1. The van der Waals surface area contributed by atoms with Crippen LogP contribution in [0.5, 0.6) is 0 Å². The summed E-state index contributed by atoms with van der Waals surface area (Å²) in [7, 11) is 1.16. The van der Waals surface area contributed by atoms with E-state index in [0.717, 1.165) is 103 Å². The maximum Gasteiger partial charge on any atom is 0.306 e. The largest absolute Gasteiger partial charge is 0.756 e. The molecule has 2 unspecified atom stereocenters. The maximum atomic E-state index is 12.8. The Hall–Kier alpha value is -3.33. The quantitative estimate of drug-likeness (QED) is 0.0195. The zero-order chi connectivity index (χ0) is 59.8. The number of unbranched alkanes of at least 4 members (excludes halogenated alkanes) is 29. The lowest BCUT2D eigenvalue weighted by atomic mass is 10.0. The molecule has 10 heteroatoms. The van der Waals surface area contributed by atoms with E-state index in [0.29, 0.717) is 17.4 Å². The molecule has 0 N–H and O–H groups in total. The predicted molar refractivity (Wildman–Crippen MR) is 351 cm³/mol. The number of quaternary nitrogens is 1. The fraction of sp³-hybridized carbons (Fsp3) is 0.722. The Kier molecular flexibility index (Phi) is 59.7. The number of allylic oxidation sites excluding steroid dienone is 18. The molecule has 0 saturated carbocycles. The van der Waals surface area contributed by atoms with Gasteiger partial charge >= 0.3 is 11.9 Å². The SMILES string of the molecule is CC/C=C\C/C=C\C/C=C\C/C=C\C/C=C\C/C=C\C/C=C\C/C=C\C/C=C\CCCCCCCCCCCC(=O)OC(COC(=O)CCCCCCCCCCCCCCCCCCCCCCC)COP(=O)([O-])OCC[N+](C)(C)C. The van der Waals surface area contributed by atoms with Crippen LogP contribution in [0.15, 0.2) is 109 Å². The van der Waals surface area contributed by atoms with Crippen molar-refractivity contribution in [2.24, 2.45) is 0 Å². The molecule has 0 heterocycles. The van der Waals surface area contributed by atoms with Gasteiger partial charge in [0.1, 0.15) is 19.8 Å². The highest BCUT2D eigenvalue weighted by Gasteiger charge is 2.22. The molecule has 0 aliphatic rings. The van der Waals surface area contributed by atoms with E-state index in [4.69, 9.17) is 18.5 Å². The van der Waals surface area contributed by atoms with Gasteiger partial charge in [-0.25, -0.2) is 0 Å². The van der Waals surface area contributed by atoms with Crippen molar-refractivity contribution in [3.05, 3.63) is 109 Å². The summed E-state index contributed by atoms with van der Waals surface area (Å²) < 4.78 is 34.3. The third-order valence-corrected chi connectivity index (χ3v) is 15.3. The van der Waals surface area contributed by atoms with Crippen molar-refractivity contribution in [1.82, 2.24) is 0 Å². The molecule has 0 radical (unpaired) electrons. The van der Waals surface area contributed by atoms with Crippen LogP contribution in [-0.2, 0) is 32.7 Å². The second kappa shape index (κ2) is 62.2. The van der Waals surface area contributed by atoms with Gasteiger partial charge in [0.05, 0.1) is 27.7 Å². The number of hydrogen-bond acceptors (Lipinski definition) is 8. The van der Waals surface area contributed by atoms with Gasteiger partial charge in [-0.2, -0.15) is 0 Å². The van der Waals surface area contributed by atoms with Crippen molar-refractivity contribution < 1.29 is 42.1 Å². The number of esters is 2. The number of phosphoric acid groups is 1. The third-order valence-electron chi connectivity index (χ3n) is 14.3. The van der Waals surface area contributed by atoms with Crippen molar-refractivity contribution in [3.8, 4) is 0 Å². The lowest BCUT2D eigenvalue weighted by Gasteiger charge is -2.28. The molecule has 0 bridgehead atoms. The van der Waals surface area contributed by atoms with Gasteiger partial charge in [-0.1, -0.05) is 297 Å². The highest BCUT2D eigenvalue weighted by molar-refractivity contribution is 7.45. The predicted octanol–water partition coefficient (Wildman–Crippen LogP) is 21.1. The molecule has 82 heavy (non-hydrogen) atoms. The Morgan fingerprint density at radius 1 is 0.390 bits per heavy atom. The van der Waals surface area contributed by atoms with Gasteiger partial charge in [0.2, 0.25) is 0 Å². The van der Waals surface area contributed by atoms with Gasteiger partial charge in [-0.05, 0) is 83.5 Å². The van der Waals surface area contributed by atoms with E-state index < -0.39 is 26.5 Å². The minimum Gasteiger partial charge on any atom is -0.756 e.